The molecule has 0 saturated heterocycles. The molecule has 2 aromatic heterocycles. The van der Waals surface area contributed by atoms with E-state index in [9.17, 15) is 0 Å². The van der Waals surface area contributed by atoms with Gasteiger partial charge in [0.25, 0.3) is 0 Å². The number of aryl methyl sites for hydroxylation is 1. The summed E-state index contributed by atoms with van der Waals surface area (Å²) in [6.45, 7) is 2.06. The first-order valence-corrected chi connectivity index (χ1v) is 6.99. The fourth-order valence-corrected chi connectivity index (χ4v) is 3.11. The Labute approximate surface area is 116 Å². The lowest BCUT2D eigenvalue weighted by atomic mass is 10.1. The number of H-pyrrole nitrogens is 1. The first kappa shape index (κ1) is 12.0. The van der Waals surface area contributed by atoms with Crippen molar-refractivity contribution in [3.05, 3.63) is 48.3 Å². The fraction of sp³-hybridized carbons (Fsp3) is 0.133. The van der Waals surface area contributed by atoms with Gasteiger partial charge in [0.1, 0.15) is 5.01 Å². The van der Waals surface area contributed by atoms with Crippen molar-refractivity contribution >= 4 is 17.0 Å². The van der Waals surface area contributed by atoms with E-state index in [0.717, 1.165) is 22.1 Å². The molecule has 0 atom stereocenters. The lowest BCUT2D eigenvalue weighted by molar-refractivity contribution is 1.25. The molecular formula is C15H15N3S. The summed E-state index contributed by atoms with van der Waals surface area (Å²) in [6.07, 6.45) is 1.92. The largest absolute Gasteiger partial charge is 0.388 e. The van der Waals surface area contributed by atoms with E-state index >= 15 is 0 Å². The lowest BCUT2D eigenvalue weighted by Crippen LogP contribution is -1.87. The SMILES string of the molecule is CNc1cccc(-c2sc(-c3ccc[nH]3)nc2C)c1. The minimum atomic E-state index is 1.03. The average Bonchev–Trinajstić information content (AvgIpc) is 3.07. The molecule has 0 aliphatic rings. The Balaban J connectivity index is 2.05. The van der Waals surface area contributed by atoms with Crippen LogP contribution < -0.4 is 5.32 Å². The molecule has 0 amide bonds. The average molecular weight is 269 g/mol. The number of rotatable bonds is 3. The third kappa shape index (κ3) is 2.27. The molecule has 19 heavy (non-hydrogen) atoms. The van der Waals surface area contributed by atoms with Crippen molar-refractivity contribution in [3.8, 4) is 21.1 Å². The van der Waals surface area contributed by atoms with Gasteiger partial charge in [-0.2, -0.15) is 0 Å². The van der Waals surface area contributed by atoms with Crippen LogP contribution in [0.2, 0.25) is 0 Å². The molecule has 4 heteroatoms. The number of nitrogens with one attached hydrogen (secondary N) is 2. The van der Waals surface area contributed by atoms with Crippen molar-refractivity contribution in [2.45, 2.75) is 6.92 Å². The number of nitrogens with zero attached hydrogens (tertiary/aromatic N) is 1. The normalized spacial score (nSPS) is 10.6. The molecular weight excluding hydrogens is 254 g/mol. The van der Waals surface area contributed by atoms with Crippen LogP contribution in [0, 0.1) is 6.92 Å². The maximum atomic E-state index is 4.65. The molecule has 0 aliphatic carbocycles. The molecule has 0 unspecified atom stereocenters. The topological polar surface area (TPSA) is 40.7 Å². The molecule has 0 radical (unpaired) electrons. The van der Waals surface area contributed by atoms with Gasteiger partial charge in [0.15, 0.2) is 0 Å². The Kier molecular flexibility index (Phi) is 3.09. The van der Waals surface area contributed by atoms with Gasteiger partial charge in [0, 0.05) is 18.9 Å². The van der Waals surface area contributed by atoms with Crippen molar-refractivity contribution < 1.29 is 0 Å². The van der Waals surface area contributed by atoms with Gasteiger partial charge in [-0.1, -0.05) is 12.1 Å². The van der Waals surface area contributed by atoms with Crippen LogP contribution in [0.3, 0.4) is 0 Å². The van der Waals surface area contributed by atoms with Gasteiger partial charge in [-0.25, -0.2) is 4.98 Å². The maximum absolute atomic E-state index is 4.65. The van der Waals surface area contributed by atoms with Crippen LogP contribution in [-0.2, 0) is 0 Å². The van der Waals surface area contributed by atoms with Gasteiger partial charge in [-0.15, -0.1) is 11.3 Å². The maximum Gasteiger partial charge on any atom is 0.140 e. The minimum absolute atomic E-state index is 1.03. The van der Waals surface area contributed by atoms with Crippen LogP contribution in [-0.4, -0.2) is 17.0 Å². The highest BCUT2D eigenvalue weighted by molar-refractivity contribution is 7.18. The number of aromatic amines is 1. The summed E-state index contributed by atoms with van der Waals surface area (Å²) in [5.74, 6) is 0. The number of hydrogen-bond acceptors (Lipinski definition) is 3. The van der Waals surface area contributed by atoms with Gasteiger partial charge >= 0.3 is 0 Å². The Hall–Kier alpha value is -2.07. The van der Waals surface area contributed by atoms with E-state index in [-0.39, 0.29) is 0 Å². The minimum Gasteiger partial charge on any atom is -0.388 e. The van der Waals surface area contributed by atoms with Gasteiger partial charge in [0.2, 0.25) is 0 Å². The van der Waals surface area contributed by atoms with Crippen LogP contribution in [0.4, 0.5) is 5.69 Å². The number of aromatic nitrogens is 2. The second kappa shape index (κ2) is 4.90. The molecule has 3 aromatic rings. The third-order valence-corrected chi connectivity index (χ3v) is 4.28. The van der Waals surface area contributed by atoms with Gasteiger partial charge in [0.05, 0.1) is 16.3 Å². The predicted molar refractivity (Wildman–Crippen MR) is 81.6 cm³/mol. The first-order chi connectivity index (χ1) is 9.28. The molecule has 96 valence electrons. The summed E-state index contributed by atoms with van der Waals surface area (Å²) in [4.78, 5) is 9.08. The van der Waals surface area contributed by atoms with Crippen LogP contribution in [0.5, 0.6) is 0 Å². The molecule has 0 saturated carbocycles. The zero-order valence-corrected chi connectivity index (χ0v) is 11.7. The highest BCUT2D eigenvalue weighted by Gasteiger charge is 2.11. The zero-order chi connectivity index (χ0) is 13.2. The van der Waals surface area contributed by atoms with E-state index in [1.807, 2.05) is 25.4 Å². The predicted octanol–water partition coefficient (Wildman–Crippen LogP) is 4.16. The molecule has 0 fully saturated rings. The number of hydrogen-bond donors (Lipinski definition) is 2. The van der Waals surface area contributed by atoms with Crippen LogP contribution in [0.15, 0.2) is 42.6 Å². The van der Waals surface area contributed by atoms with Crippen molar-refractivity contribution in [2.75, 3.05) is 12.4 Å². The molecule has 3 rings (SSSR count). The second-order valence-electron chi connectivity index (χ2n) is 4.35. The molecule has 0 aliphatic heterocycles. The Morgan fingerprint density at radius 2 is 2.11 bits per heavy atom. The lowest BCUT2D eigenvalue weighted by Gasteiger charge is -2.03. The van der Waals surface area contributed by atoms with E-state index in [2.05, 4.69) is 46.5 Å². The van der Waals surface area contributed by atoms with Crippen LogP contribution in [0.25, 0.3) is 21.1 Å². The monoisotopic (exact) mass is 269 g/mol. The van der Waals surface area contributed by atoms with Crippen molar-refractivity contribution in [3.63, 3.8) is 0 Å². The highest BCUT2D eigenvalue weighted by atomic mass is 32.1. The van der Waals surface area contributed by atoms with Crippen LogP contribution in [0.1, 0.15) is 5.69 Å². The van der Waals surface area contributed by atoms with E-state index < -0.39 is 0 Å². The van der Waals surface area contributed by atoms with Gasteiger partial charge in [-0.05, 0) is 36.8 Å². The molecule has 2 heterocycles. The number of anilines is 1. The smallest absolute Gasteiger partial charge is 0.140 e. The van der Waals surface area contributed by atoms with E-state index in [4.69, 9.17) is 0 Å². The highest BCUT2D eigenvalue weighted by Crippen LogP contribution is 2.35. The number of thiazole rings is 1. The Morgan fingerprint density at radius 1 is 1.21 bits per heavy atom. The van der Waals surface area contributed by atoms with Gasteiger partial charge in [-0.3, -0.25) is 0 Å². The summed E-state index contributed by atoms with van der Waals surface area (Å²) >= 11 is 1.72. The standard InChI is InChI=1S/C15H15N3S/c1-10-14(11-5-3-6-12(9-11)16-2)19-15(18-10)13-7-4-8-17-13/h3-9,16-17H,1-2H3. The van der Waals surface area contributed by atoms with Crippen molar-refractivity contribution in [2.24, 2.45) is 0 Å². The third-order valence-electron chi connectivity index (χ3n) is 3.04. The van der Waals surface area contributed by atoms with Gasteiger partial charge < -0.3 is 10.3 Å². The Morgan fingerprint density at radius 3 is 2.84 bits per heavy atom. The summed E-state index contributed by atoms with van der Waals surface area (Å²) < 4.78 is 0. The van der Waals surface area contributed by atoms with E-state index in [1.165, 1.54) is 10.4 Å². The summed E-state index contributed by atoms with van der Waals surface area (Å²) in [5.41, 5.74) is 4.47. The molecule has 3 nitrogen and oxygen atoms in total. The molecule has 2 N–H and O–H groups in total. The summed E-state index contributed by atoms with van der Waals surface area (Å²) in [6, 6.07) is 12.4. The fourth-order valence-electron chi connectivity index (χ4n) is 2.06. The molecule has 0 spiro atoms. The summed E-state index contributed by atoms with van der Waals surface area (Å²) in [5, 5.41) is 4.20. The second-order valence-corrected chi connectivity index (χ2v) is 5.35. The van der Waals surface area contributed by atoms with Crippen LogP contribution >= 0.6 is 11.3 Å². The number of benzene rings is 1. The summed E-state index contributed by atoms with van der Waals surface area (Å²) in [7, 11) is 1.93. The van der Waals surface area contributed by atoms with E-state index in [0.29, 0.717) is 0 Å². The molecule has 1 aromatic carbocycles. The van der Waals surface area contributed by atoms with Crippen molar-refractivity contribution in [1.82, 2.24) is 9.97 Å². The Bertz CT molecular complexity index is 683. The zero-order valence-electron chi connectivity index (χ0n) is 10.9. The first-order valence-electron chi connectivity index (χ1n) is 6.17. The molecule has 0 bridgehead atoms. The van der Waals surface area contributed by atoms with E-state index in [1.54, 1.807) is 11.3 Å². The van der Waals surface area contributed by atoms with Crippen molar-refractivity contribution in [1.29, 1.82) is 0 Å². The quantitative estimate of drug-likeness (QED) is 0.749.